The number of unbranched alkanes of at least 4 members (excludes halogenated alkanes) is 1. The van der Waals surface area contributed by atoms with E-state index in [-0.39, 0.29) is 19.3 Å². The van der Waals surface area contributed by atoms with Crippen molar-refractivity contribution in [1.82, 2.24) is 0 Å². The molecule has 9 N–H and O–H groups in total. The minimum Gasteiger partial charge on any atom is -0.481 e. The van der Waals surface area contributed by atoms with Crippen LogP contribution in [0.1, 0.15) is 98.3 Å². The summed E-state index contributed by atoms with van der Waals surface area (Å²) in [4.78, 5) is 71.6. The highest BCUT2D eigenvalue weighted by Gasteiger charge is 2.41. The highest BCUT2D eigenvalue weighted by atomic mass is 16.6. The Labute approximate surface area is 274 Å². The van der Waals surface area contributed by atoms with Gasteiger partial charge >= 0.3 is 35.8 Å². The minimum absolute atomic E-state index is 0.112. The van der Waals surface area contributed by atoms with Crippen molar-refractivity contribution in [1.29, 1.82) is 0 Å². The quantitative estimate of drug-likeness (QED) is 0.0364. The monoisotopic (exact) mass is 679 g/mol. The van der Waals surface area contributed by atoms with Gasteiger partial charge in [-0.15, -0.1) is 0 Å². The van der Waals surface area contributed by atoms with Gasteiger partial charge in [0.15, 0.2) is 11.8 Å². The first-order valence-corrected chi connectivity index (χ1v) is 15.9. The molecule has 0 fully saturated rings. The third-order valence-electron chi connectivity index (χ3n) is 7.87. The predicted octanol–water partition coefficient (Wildman–Crippen LogP) is 1.39. The Kier molecular flexibility index (Phi) is 20.7. The maximum Gasteiger partial charge on any atom is 0.321 e. The summed E-state index contributed by atoms with van der Waals surface area (Å²) in [7, 11) is 0. The summed E-state index contributed by atoms with van der Waals surface area (Å²) in [5.41, 5.74) is 5.61. The molecule has 0 amide bonds. The number of hydrogen-bond donors (Lipinski definition) is 8. The van der Waals surface area contributed by atoms with Crippen molar-refractivity contribution in [2.24, 2.45) is 29.4 Å². The molecular weight excluding hydrogens is 626 g/mol. The van der Waals surface area contributed by atoms with E-state index in [9.17, 15) is 54.3 Å². The molecule has 47 heavy (non-hydrogen) atoms. The van der Waals surface area contributed by atoms with Crippen LogP contribution in [0.5, 0.6) is 0 Å². The van der Waals surface area contributed by atoms with Crippen LogP contribution >= 0.6 is 0 Å². The van der Waals surface area contributed by atoms with E-state index in [0.29, 0.717) is 38.5 Å². The second kappa shape index (κ2) is 22.3. The summed E-state index contributed by atoms with van der Waals surface area (Å²) in [6.07, 6.45) is -4.56. The topological polar surface area (TPSA) is 289 Å². The number of hydrogen-bond acceptors (Lipinski definition) is 12. The number of aliphatic hydroxyl groups is 3. The molecule has 0 bridgehead atoms. The number of rotatable bonds is 26. The van der Waals surface area contributed by atoms with Gasteiger partial charge in [-0.3, -0.25) is 28.8 Å². The molecule has 0 aliphatic rings. The van der Waals surface area contributed by atoms with Crippen molar-refractivity contribution in [3.8, 4) is 0 Å². The molecule has 0 radical (unpaired) electrons. The van der Waals surface area contributed by atoms with Gasteiger partial charge in [0.25, 0.3) is 0 Å². The summed E-state index contributed by atoms with van der Waals surface area (Å²) in [5, 5.41) is 67.7. The van der Waals surface area contributed by atoms with Crippen molar-refractivity contribution in [3.05, 3.63) is 0 Å². The molecule has 0 aromatic heterocycles. The van der Waals surface area contributed by atoms with Gasteiger partial charge in [0.05, 0.1) is 31.2 Å². The highest BCUT2D eigenvalue weighted by molar-refractivity contribution is 5.98. The molecule has 0 spiro atoms. The maximum atomic E-state index is 13.0. The van der Waals surface area contributed by atoms with Gasteiger partial charge in [-0.25, -0.2) is 0 Å². The number of carbonyl (C=O) groups excluding carboxylic acids is 2. The smallest absolute Gasteiger partial charge is 0.321 e. The number of ether oxygens (including phenoxy) is 2. The fourth-order valence-corrected chi connectivity index (χ4v) is 5.21. The molecule has 0 aliphatic carbocycles. The second-order valence-electron chi connectivity index (χ2n) is 12.5. The summed E-state index contributed by atoms with van der Waals surface area (Å²) >= 11 is 0. The standard InChI is InChI=1S/C31H53NO15/c1-5-8-17(3)27(47-31(45)22(29(42)43)15-26(38)39)24(46-30(44)21(28(40)41)14-25(36)37)12-16(2)11-19(33)9-6-7-10-20(34)13-23(35)18(4)32/h16-24,27,33-35H,5-15,32H2,1-4H3,(H,36,37)(H,38,39)(H,40,41)(H,42,43). The lowest BCUT2D eigenvalue weighted by atomic mass is 9.87. The Morgan fingerprint density at radius 3 is 1.51 bits per heavy atom. The minimum atomic E-state index is -2.10. The van der Waals surface area contributed by atoms with Crippen LogP contribution in [0.25, 0.3) is 0 Å². The first-order chi connectivity index (χ1) is 21.8. The average Bonchev–Trinajstić information content (AvgIpc) is 2.94. The van der Waals surface area contributed by atoms with Crippen LogP contribution in [0.3, 0.4) is 0 Å². The number of carboxylic acids is 4. The average molecular weight is 680 g/mol. The Balaban J connectivity index is 5.97. The first kappa shape index (κ1) is 43.7. The van der Waals surface area contributed by atoms with Crippen molar-refractivity contribution in [2.75, 3.05) is 0 Å². The van der Waals surface area contributed by atoms with E-state index in [4.69, 9.17) is 25.4 Å². The lowest BCUT2D eigenvalue weighted by Crippen LogP contribution is -2.44. The zero-order valence-corrected chi connectivity index (χ0v) is 27.5. The summed E-state index contributed by atoms with van der Waals surface area (Å²) in [6.45, 7) is 6.72. The van der Waals surface area contributed by atoms with Crippen LogP contribution in [-0.2, 0) is 38.2 Å². The molecule has 16 heteroatoms. The van der Waals surface area contributed by atoms with Crippen LogP contribution in [0.15, 0.2) is 0 Å². The molecule has 10 unspecified atom stereocenters. The molecule has 0 saturated carbocycles. The van der Waals surface area contributed by atoms with E-state index in [2.05, 4.69) is 0 Å². The van der Waals surface area contributed by atoms with Gasteiger partial charge in [-0.1, -0.05) is 40.0 Å². The van der Waals surface area contributed by atoms with Gasteiger partial charge in [0.2, 0.25) is 0 Å². The number of carbonyl (C=O) groups is 6. The Morgan fingerprint density at radius 1 is 0.660 bits per heavy atom. The SMILES string of the molecule is CCCC(C)C(OC(=O)C(CC(=O)O)C(=O)O)C(CC(C)CC(O)CCCCC(O)CC(O)C(C)N)OC(=O)C(CC(=O)O)C(=O)O. The Hall–Kier alpha value is -3.34. The van der Waals surface area contributed by atoms with Gasteiger partial charge < -0.3 is 51.0 Å². The zero-order valence-electron chi connectivity index (χ0n) is 27.5. The second-order valence-corrected chi connectivity index (χ2v) is 12.5. The van der Waals surface area contributed by atoms with Crippen LogP contribution in [0, 0.1) is 23.7 Å². The van der Waals surface area contributed by atoms with Gasteiger partial charge in [-0.05, 0) is 50.9 Å². The third kappa shape index (κ3) is 18.0. The first-order valence-electron chi connectivity index (χ1n) is 15.9. The normalized spacial score (nSPS) is 17.9. The lowest BCUT2D eigenvalue weighted by Gasteiger charge is -2.34. The van der Waals surface area contributed by atoms with Crippen LogP contribution in [0.2, 0.25) is 0 Å². The molecule has 0 aliphatic heterocycles. The number of aliphatic hydroxyl groups excluding tert-OH is 3. The molecular formula is C31H53NO15. The van der Waals surface area contributed by atoms with Gasteiger partial charge in [0, 0.05) is 12.5 Å². The summed E-state index contributed by atoms with van der Waals surface area (Å²) in [6, 6.07) is -0.486. The lowest BCUT2D eigenvalue weighted by molar-refractivity contribution is -0.185. The van der Waals surface area contributed by atoms with E-state index in [1.165, 1.54) is 0 Å². The maximum absolute atomic E-state index is 13.0. The predicted molar refractivity (Wildman–Crippen MR) is 164 cm³/mol. The molecule has 0 heterocycles. The number of nitrogens with two attached hydrogens (primary N) is 1. The molecule has 16 nitrogen and oxygen atoms in total. The van der Waals surface area contributed by atoms with Gasteiger partial charge in [-0.2, -0.15) is 0 Å². The van der Waals surface area contributed by atoms with Gasteiger partial charge in [0.1, 0.15) is 12.2 Å². The molecule has 0 aromatic carbocycles. The fourth-order valence-electron chi connectivity index (χ4n) is 5.21. The summed E-state index contributed by atoms with van der Waals surface area (Å²) in [5.74, 6) is -14.7. The van der Waals surface area contributed by atoms with Crippen LogP contribution < -0.4 is 5.73 Å². The fraction of sp³-hybridized carbons (Fsp3) is 0.806. The number of esters is 2. The van der Waals surface area contributed by atoms with E-state index in [0.717, 1.165) is 0 Å². The van der Waals surface area contributed by atoms with Crippen molar-refractivity contribution >= 4 is 35.8 Å². The van der Waals surface area contributed by atoms with E-state index < -0.39 is 109 Å². The third-order valence-corrected chi connectivity index (χ3v) is 7.87. The zero-order chi connectivity index (χ0) is 36.4. The molecule has 0 rings (SSSR count). The molecule has 272 valence electrons. The molecule has 10 atom stereocenters. The Bertz CT molecular complexity index is 1020. The van der Waals surface area contributed by atoms with Crippen molar-refractivity contribution in [3.63, 3.8) is 0 Å². The number of aliphatic carboxylic acids is 4. The highest BCUT2D eigenvalue weighted by Crippen LogP contribution is 2.29. The van der Waals surface area contributed by atoms with E-state index in [1.54, 1.807) is 27.7 Å². The van der Waals surface area contributed by atoms with Crippen LogP contribution in [0.4, 0.5) is 0 Å². The molecule has 0 aromatic rings. The Morgan fingerprint density at radius 2 is 1.11 bits per heavy atom. The summed E-state index contributed by atoms with van der Waals surface area (Å²) < 4.78 is 11.0. The van der Waals surface area contributed by atoms with Crippen molar-refractivity contribution < 1.29 is 74.0 Å². The number of carboxylic acid groups (broad SMARTS) is 4. The van der Waals surface area contributed by atoms with Crippen LogP contribution in [-0.4, -0.2) is 108 Å². The largest absolute Gasteiger partial charge is 0.481 e. The van der Waals surface area contributed by atoms with E-state index >= 15 is 0 Å². The van der Waals surface area contributed by atoms with E-state index in [1.807, 2.05) is 0 Å². The van der Waals surface area contributed by atoms with Crippen molar-refractivity contribution in [2.45, 2.75) is 135 Å². The molecule has 0 saturated heterocycles.